The van der Waals surface area contributed by atoms with E-state index in [1.807, 2.05) is 11.8 Å². The van der Waals surface area contributed by atoms with Crippen LogP contribution in [0.3, 0.4) is 0 Å². The third kappa shape index (κ3) is 2.74. The highest BCUT2D eigenvalue weighted by Crippen LogP contribution is 2.34. The molecule has 2 N–H and O–H groups in total. The van der Waals surface area contributed by atoms with Crippen LogP contribution in [0, 0.1) is 0 Å². The molecule has 2 unspecified atom stereocenters. The molecule has 0 spiro atoms. The van der Waals surface area contributed by atoms with Crippen molar-refractivity contribution in [3.8, 4) is 0 Å². The maximum absolute atomic E-state index is 4.42. The van der Waals surface area contributed by atoms with Crippen LogP contribution in [0.15, 0.2) is 17.7 Å². The molecule has 1 aliphatic carbocycles. The van der Waals surface area contributed by atoms with Crippen molar-refractivity contribution in [1.29, 1.82) is 0 Å². The zero-order valence-electron chi connectivity index (χ0n) is 11.1. The molecule has 2 heterocycles. The van der Waals surface area contributed by atoms with Gasteiger partial charge < -0.3 is 10.3 Å². The lowest BCUT2D eigenvalue weighted by atomic mass is 9.95. The van der Waals surface area contributed by atoms with E-state index in [-0.39, 0.29) is 0 Å². The number of rotatable bonds is 4. The predicted molar refractivity (Wildman–Crippen MR) is 77.3 cm³/mol. The molecule has 1 fully saturated rings. The van der Waals surface area contributed by atoms with E-state index in [4.69, 9.17) is 0 Å². The quantitative estimate of drug-likeness (QED) is 0.840. The molecule has 0 bridgehead atoms. The van der Waals surface area contributed by atoms with Crippen molar-refractivity contribution in [2.45, 2.75) is 48.9 Å². The maximum Gasteiger partial charge on any atom is 0.181 e. The summed E-state index contributed by atoms with van der Waals surface area (Å²) in [6.45, 7) is 3.21. The standard InChI is InChI=1S/C13H19N5S/c1-2-14-9-5-3-4-6-10(9)19-13-11-12(16-7-15-11)17-8-18-13/h7-10,14H,2-6H2,1H3,(H,15,16,17,18). The van der Waals surface area contributed by atoms with Crippen LogP contribution in [-0.4, -0.2) is 37.8 Å². The molecule has 2 aromatic rings. The average molecular weight is 277 g/mol. The Kier molecular flexibility index (Phi) is 3.98. The zero-order valence-corrected chi connectivity index (χ0v) is 11.9. The Bertz CT molecular complexity index is 539. The minimum atomic E-state index is 0.593. The summed E-state index contributed by atoms with van der Waals surface area (Å²) in [4.78, 5) is 15.9. The van der Waals surface area contributed by atoms with Gasteiger partial charge in [-0.3, -0.25) is 0 Å². The Labute approximate surface area is 117 Å². The van der Waals surface area contributed by atoms with Crippen molar-refractivity contribution in [3.63, 3.8) is 0 Å². The molecule has 1 saturated carbocycles. The van der Waals surface area contributed by atoms with Crippen molar-refractivity contribution in [2.24, 2.45) is 0 Å². The molecule has 0 amide bonds. The van der Waals surface area contributed by atoms with Gasteiger partial charge >= 0.3 is 0 Å². The fraction of sp³-hybridized carbons (Fsp3) is 0.615. The molecule has 2 aromatic heterocycles. The first-order valence-electron chi connectivity index (χ1n) is 6.92. The number of thioether (sulfide) groups is 1. The summed E-state index contributed by atoms with van der Waals surface area (Å²) in [6.07, 6.45) is 8.46. The highest BCUT2D eigenvalue weighted by atomic mass is 32.2. The summed E-state index contributed by atoms with van der Waals surface area (Å²) in [6, 6.07) is 0.594. The Balaban J connectivity index is 1.80. The van der Waals surface area contributed by atoms with Gasteiger partial charge in [-0.2, -0.15) is 0 Å². The number of fused-ring (bicyclic) bond motifs is 1. The van der Waals surface area contributed by atoms with Crippen molar-refractivity contribution in [2.75, 3.05) is 6.54 Å². The van der Waals surface area contributed by atoms with Crippen molar-refractivity contribution >= 4 is 22.9 Å². The molecule has 0 saturated heterocycles. The smallest absolute Gasteiger partial charge is 0.181 e. The Morgan fingerprint density at radius 2 is 2.21 bits per heavy atom. The Morgan fingerprint density at radius 1 is 1.32 bits per heavy atom. The van der Waals surface area contributed by atoms with Crippen molar-refractivity contribution in [3.05, 3.63) is 12.7 Å². The number of imidazole rings is 1. The molecular formula is C13H19N5S. The lowest BCUT2D eigenvalue weighted by Crippen LogP contribution is -2.40. The average Bonchev–Trinajstić information content (AvgIpc) is 2.91. The molecule has 5 nitrogen and oxygen atoms in total. The summed E-state index contributed by atoms with van der Waals surface area (Å²) < 4.78 is 0. The second-order valence-corrected chi connectivity index (χ2v) is 6.11. The molecule has 19 heavy (non-hydrogen) atoms. The summed E-state index contributed by atoms with van der Waals surface area (Å²) >= 11 is 1.86. The van der Waals surface area contributed by atoms with E-state index in [1.54, 1.807) is 12.7 Å². The van der Waals surface area contributed by atoms with Crippen LogP contribution in [0.1, 0.15) is 32.6 Å². The first kappa shape index (κ1) is 12.9. The number of nitrogens with zero attached hydrogens (tertiary/aromatic N) is 3. The Hall–Kier alpha value is -1.14. The summed E-state index contributed by atoms with van der Waals surface area (Å²) in [5.41, 5.74) is 1.72. The third-order valence-electron chi connectivity index (χ3n) is 3.62. The first-order valence-corrected chi connectivity index (χ1v) is 7.80. The predicted octanol–water partition coefficient (Wildman–Crippen LogP) is 2.37. The van der Waals surface area contributed by atoms with Crippen molar-refractivity contribution < 1.29 is 0 Å². The minimum Gasteiger partial charge on any atom is -0.341 e. The van der Waals surface area contributed by atoms with Crippen LogP contribution in [-0.2, 0) is 0 Å². The number of hydrogen-bond acceptors (Lipinski definition) is 5. The molecule has 0 aromatic carbocycles. The molecule has 0 radical (unpaired) electrons. The van der Waals surface area contributed by atoms with Gasteiger partial charge in [-0.15, -0.1) is 0 Å². The van der Waals surface area contributed by atoms with Crippen LogP contribution >= 0.6 is 11.8 Å². The topological polar surface area (TPSA) is 66.5 Å². The summed E-state index contributed by atoms with van der Waals surface area (Å²) in [5.74, 6) is 0. The molecule has 6 heteroatoms. The van der Waals surface area contributed by atoms with E-state index < -0.39 is 0 Å². The minimum absolute atomic E-state index is 0.593. The number of H-pyrrole nitrogens is 1. The van der Waals surface area contributed by atoms with Gasteiger partial charge in [0.1, 0.15) is 16.9 Å². The normalized spacial score (nSPS) is 23.8. The van der Waals surface area contributed by atoms with Gasteiger partial charge in [0, 0.05) is 11.3 Å². The van der Waals surface area contributed by atoms with Gasteiger partial charge in [0.2, 0.25) is 0 Å². The highest BCUT2D eigenvalue weighted by Gasteiger charge is 2.26. The second kappa shape index (κ2) is 5.88. The summed E-state index contributed by atoms with van der Waals surface area (Å²) in [7, 11) is 0. The van der Waals surface area contributed by atoms with Gasteiger partial charge in [-0.1, -0.05) is 31.5 Å². The fourth-order valence-corrected chi connectivity index (χ4v) is 4.05. The Morgan fingerprint density at radius 3 is 3.11 bits per heavy atom. The lowest BCUT2D eigenvalue weighted by Gasteiger charge is -2.31. The summed E-state index contributed by atoms with van der Waals surface area (Å²) in [5, 5.41) is 5.22. The zero-order chi connectivity index (χ0) is 13.1. The van der Waals surface area contributed by atoms with Crippen LogP contribution < -0.4 is 5.32 Å². The maximum atomic E-state index is 4.42. The van der Waals surface area contributed by atoms with Crippen LogP contribution in [0.4, 0.5) is 0 Å². The lowest BCUT2D eigenvalue weighted by molar-refractivity contribution is 0.390. The first-order chi connectivity index (χ1) is 9.38. The van der Waals surface area contributed by atoms with E-state index >= 15 is 0 Å². The van der Waals surface area contributed by atoms with Gasteiger partial charge in [-0.05, 0) is 19.4 Å². The van der Waals surface area contributed by atoms with Gasteiger partial charge in [0.25, 0.3) is 0 Å². The molecule has 2 atom stereocenters. The van der Waals surface area contributed by atoms with Gasteiger partial charge in [0.15, 0.2) is 5.65 Å². The fourth-order valence-electron chi connectivity index (χ4n) is 2.71. The number of hydrogen-bond donors (Lipinski definition) is 2. The largest absolute Gasteiger partial charge is 0.341 e. The van der Waals surface area contributed by atoms with Gasteiger partial charge in [0.05, 0.1) is 6.33 Å². The molecule has 3 rings (SSSR count). The van der Waals surface area contributed by atoms with Crippen LogP contribution in [0.2, 0.25) is 0 Å². The molecule has 0 aliphatic heterocycles. The molecule has 1 aliphatic rings. The molecular weight excluding hydrogens is 258 g/mol. The highest BCUT2D eigenvalue weighted by molar-refractivity contribution is 8.00. The van der Waals surface area contributed by atoms with Crippen LogP contribution in [0.5, 0.6) is 0 Å². The third-order valence-corrected chi connectivity index (χ3v) is 5.02. The second-order valence-electron chi connectivity index (χ2n) is 4.88. The van der Waals surface area contributed by atoms with E-state index in [0.717, 1.165) is 22.7 Å². The SMILES string of the molecule is CCNC1CCCCC1Sc1ncnc2nc[nH]c12. The monoisotopic (exact) mass is 277 g/mol. The number of aromatic amines is 1. The van der Waals surface area contributed by atoms with E-state index in [0.29, 0.717) is 11.3 Å². The van der Waals surface area contributed by atoms with Gasteiger partial charge in [-0.25, -0.2) is 15.0 Å². The van der Waals surface area contributed by atoms with E-state index in [9.17, 15) is 0 Å². The van der Waals surface area contributed by atoms with Crippen LogP contribution in [0.25, 0.3) is 11.2 Å². The van der Waals surface area contributed by atoms with Crippen molar-refractivity contribution in [1.82, 2.24) is 25.3 Å². The number of aromatic nitrogens is 4. The molecule has 102 valence electrons. The van der Waals surface area contributed by atoms with E-state index in [1.165, 1.54) is 25.7 Å². The van der Waals surface area contributed by atoms with E-state index in [2.05, 4.69) is 32.2 Å². The number of nitrogens with one attached hydrogen (secondary N) is 2.